The number of carbonyl (C=O) groups excluding carboxylic acids is 1. The van der Waals surface area contributed by atoms with Gasteiger partial charge in [0.25, 0.3) is 5.56 Å². The lowest BCUT2D eigenvalue weighted by Gasteiger charge is -2.12. The van der Waals surface area contributed by atoms with Gasteiger partial charge in [-0.1, -0.05) is 13.8 Å². The zero-order valence-electron chi connectivity index (χ0n) is 8.78. The van der Waals surface area contributed by atoms with E-state index in [1.165, 1.54) is 0 Å². The van der Waals surface area contributed by atoms with Crippen LogP contribution in [0.1, 0.15) is 29.9 Å². The van der Waals surface area contributed by atoms with Gasteiger partial charge in [0, 0.05) is 12.2 Å². The molecule has 1 aromatic rings. The predicted molar refractivity (Wildman–Crippen MR) is 55.7 cm³/mol. The summed E-state index contributed by atoms with van der Waals surface area (Å²) >= 11 is 0. The SMILES string of the molecule is Cc1ccc(C=O)c(=O)n1CC(C)C. The first-order valence-electron chi connectivity index (χ1n) is 4.72. The van der Waals surface area contributed by atoms with E-state index in [1.54, 1.807) is 16.7 Å². The molecule has 0 fully saturated rings. The smallest absolute Gasteiger partial charge is 0.261 e. The highest BCUT2D eigenvalue weighted by atomic mass is 16.1. The number of carbonyl (C=O) groups is 1. The van der Waals surface area contributed by atoms with Crippen LogP contribution >= 0.6 is 0 Å². The Kier molecular flexibility index (Phi) is 3.23. The van der Waals surface area contributed by atoms with Crippen molar-refractivity contribution in [2.45, 2.75) is 27.3 Å². The van der Waals surface area contributed by atoms with E-state index in [1.807, 2.05) is 20.8 Å². The van der Waals surface area contributed by atoms with E-state index in [0.717, 1.165) is 5.69 Å². The van der Waals surface area contributed by atoms with Crippen LogP contribution in [0.15, 0.2) is 16.9 Å². The minimum Gasteiger partial charge on any atom is -0.312 e. The molecule has 1 heterocycles. The highest BCUT2D eigenvalue weighted by Crippen LogP contribution is 2.01. The molecule has 0 aliphatic rings. The van der Waals surface area contributed by atoms with Crippen LogP contribution in [0, 0.1) is 12.8 Å². The summed E-state index contributed by atoms with van der Waals surface area (Å²) in [7, 11) is 0. The topological polar surface area (TPSA) is 39.1 Å². The van der Waals surface area contributed by atoms with Crippen LogP contribution in [-0.2, 0) is 6.54 Å². The standard InChI is InChI=1S/C11H15NO2/c1-8(2)6-12-9(3)4-5-10(7-13)11(12)14/h4-5,7-8H,6H2,1-3H3. The van der Waals surface area contributed by atoms with Crippen molar-refractivity contribution in [3.63, 3.8) is 0 Å². The van der Waals surface area contributed by atoms with Gasteiger partial charge in [-0.3, -0.25) is 9.59 Å². The van der Waals surface area contributed by atoms with Gasteiger partial charge in [-0.05, 0) is 25.0 Å². The summed E-state index contributed by atoms with van der Waals surface area (Å²) in [5, 5.41) is 0. The number of aromatic nitrogens is 1. The number of hydrogen-bond acceptors (Lipinski definition) is 2. The highest BCUT2D eigenvalue weighted by molar-refractivity contribution is 5.73. The first-order valence-corrected chi connectivity index (χ1v) is 4.72. The molecular formula is C11H15NO2. The second kappa shape index (κ2) is 4.22. The molecule has 76 valence electrons. The summed E-state index contributed by atoms with van der Waals surface area (Å²) < 4.78 is 1.65. The quantitative estimate of drug-likeness (QED) is 0.684. The summed E-state index contributed by atoms with van der Waals surface area (Å²) in [6.45, 7) is 6.61. The van der Waals surface area contributed by atoms with Crippen LogP contribution in [-0.4, -0.2) is 10.9 Å². The zero-order chi connectivity index (χ0) is 10.7. The molecule has 3 heteroatoms. The Morgan fingerprint density at radius 3 is 2.57 bits per heavy atom. The Labute approximate surface area is 83.4 Å². The molecule has 0 saturated carbocycles. The van der Waals surface area contributed by atoms with Gasteiger partial charge < -0.3 is 4.57 Å². The van der Waals surface area contributed by atoms with Gasteiger partial charge in [0.1, 0.15) is 0 Å². The first kappa shape index (κ1) is 10.7. The highest BCUT2D eigenvalue weighted by Gasteiger charge is 2.06. The fourth-order valence-electron chi connectivity index (χ4n) is 1.37. The molecular weight excluding hydrogens is 178 g/mol. The normalized spacial score (nSPS) is 10.6. The van der Waals surface area contributed by atoms with Crippen molar-refractivity contribution in [2.24, 2.45) is 5.92 Å². The molecule has 0 atom stereocenters. The maximum atomic E-state index is 11.7. The lowest BCUT2D eigenvalue weighted by atomic mass is 10.2. The third kappa shape index (κ3) is 2.10. The average Bonchev–Trinajstić information content (AvgIpc) is 2.12. The molecule has 3 nitrogen and oxygen atoms in total. The van der Waals surface area contributed by atoms with Crippen molar-refractivity contribution in [2.75, 3.05) is 0 Å². The first-order chi connectivity index (χ1) is 6.56. The Balaban J connectivity index is 3.25. The van der Waals surface area contributed by atoms with Gasteiger partial charge in [-0.25, -0.2) is 0 Å². The third-order valence-corrected chi connectivity index (χ3v) is 2.10. The molecule has 0 spiro atoms. The molecule has 14 heavy (non-hydrogen) atoms. The largest absolute Gasteiger partial charge is 0.312 e. The van der Waals surface area contributed by atoms with E-state index in [-0.39, 0.29) is 11.1 Å². The Morgan fingerprint density at radius 2 is 2.07 bits per heavy atom. The van der Waals surface area contributed by atoms with E-state index in [2.05, 4.69) is 0 Å². The maximum absolute atomic E-state index is 11.7. The molecule has 0 aromatic carbocycles. The van der Waals surface area contributed by atoms with Crippen LogP contribution in [0.4, 0.5) is 0 Å². The number of aryl methyl sites for hydroxylation is 1. The Morgan fingerprint density at radius 1 is 1.43 bits per heavy atom. The molecule has 0 aliphatic carbocycles. The van der Waals surface area contributed by atoms with E-state index < -0.39 is 0 Å². The monoisotopic (exact) mass is 193 g/mol. The predicted octanol–water partition coefficient (Wildman–Crippen LogP) is 1.63. The maximum Gasteiger partial charge on any atom is 0.261 e. The third-order valence-electron chi connectivity index (χ3n) is 2.10. The van der Waals surface area contributed by atoms with Crippen LogP contribution < -0.4 is 5.56 Å². The summed E-state index contributed by atoms with van der Waals surface area (Å²) in [5.74, 6) is 0.397. The van der Waals surface area contributed by atoms with Crippen molar-refractivity contribution >= 4 is 6.29 Å². The second-order valence-corrected chi connectivity index (χ2v) is 3.86. The molecule has 0 amide bonds. The van der Waals surface area contributed by atoms with Gasteiger partial charge in [0.05, 0.1) is 5.56 Å². The number of hydrogen-bond donors (Lipinski definition) is 0. The van der Waals surface area contributed by atoms with E-state index >= 15 is 0 Å². The van der Waals surface area contributed by atoms with Gasteiger partial charge in [-0.15, -0.1) is 0 Å². The Hall–Kier alpha value is -1.38. The van der Waals surface area contributed by atoms with E-state index in [4.69, 9.17) is 0 Å². The molecule has 1 aromatic heterocycles. The summed E-state index contributed by atoms with van der Waals surface area (Å²) in [6, 6.07) is 3.37. The fraction of sp³-hybridized carbons (Fsp3) is 0.455. The number of rotatable bonds is 3. The van der Waals surface area contributed by atoms with Crippen molar-refractivity contribution in [3.8, 4) is 0 Å². The molecule has 0 aliphatic heterocycles. The van der Waals surface area contributed by atoms with Crippen molar-refractivity contribution in [3.05, 3.63) is 33.7 Å². The van der Waals surface area contributed by atoms with Gasteiger partial charge in [0.15, 0.2) is 6.29 Å². The fourth-order valence-corrected chi connectivity index (χ4v) is 1.37. The van der Waals surface area contributed by atoms with Crippen molar-refractivity contribution in [1.29, 1.82) is 0 Å². The molecule has 0 radical (unpaired) electrons. The molecule has 0 bridgehead atoms. The number of aldehydes is 1. The Bertz CT molecular complexity index is 391. The molecule has 0 N–H and O–H groups in total. The summed E-state index contributed by atoms with van der Waals surface area (Å²) in [4.78, 5) is 22.3. The zero-order valence-corrected chi connectivity index (χ0v) is 8.78. The van der Waals surface area contributed by atoms with Gasteiger partial charge in [-0.2, -0.15) is 0 Å². The van der Waals surface area contributed by atoms with Crippen molar-refractivity contribution < 1.29 is 4.79 Å². The number of nitrogens with zero attached hydrogens (tertiary/aromatic N) is 1. The minimum atomic E-state index is -0.186. The van der Waals surface area contributed by atoms with E-state index in [9.17, 15) is 9.59 Å². The summed E-state index contributed by atoms with van der Waals surface area (Å²) in [6.07, 6.45) is 0.610. The van der Waals surface area contributed by atoms with Gasteiger partial charge >= 0.3 is 0 Å². The van der Waals surface area contributed by atoms with Crippen LogP contribution in [0.25, 0.3) is 0 Å². The lowest BCUT2D eigenvalue weighted by Crippen LogP contribution is -2.27. The molecule has 1 rings (SSSR count). The second-order valence-electron chi connectivity index (χ2n) is 3.86. The molecule has 0 saturated heterocycles. The average molecular weight is 193 g/mol. The number of pyridine rings is 1. The van der Waals surface area contributed by atoms with Crippen LogP contribution in [0.3, 0.4) is 0 Å². The molecule has 0 unspecified atom stereocenters. The van der Waals surface area contributed by atoms with Crippen LogP contribution in [0.5, 0.6) is 0 Å². The van der Waals surface area contributed by atoms with Crippen molar-refractivity contribution in [1.82, 2.24) is 4.57 Å². The van der Waals surface area contributed by atoms with E-state index in [0.29, 0.717) is 18.7 Å². The lowest BCUT2D eigenvalue weighted by molar-refractivity contribution is 0.112. The van der Waals surface area contributed by atoms with Gasteiger partial charge in [0.2, 0.25) is 0 Å². The summed E-state index contributed by atoms with van der Waals surface area (Å²) in [5.41, 5.74) is 0.944. The minimum absolute atomic E-state index is 0.186. The van der Waals surface area contributed by atoms with Crippen LogP contribution in [0.2, 0.25) is 0 Å².